The summed E-state index contributed by atoms with van der Waals surface area (Å²) in [6.45, 7) is 0. The van der Waals surface area contributed by atoms with Crippen molar-refractivity contribution in [3.8, 4) is 0 Å². The average Bonchev–Trinajstić information content (AvgIpc) is 3.53. The number of nitrogens with zero attached hydrogens (tertiary/aromatic N) is 2. The van der Waals surface area contributed by atoms with Crippen molar-refractivity contribution in [3.63, 3.8) is 0 Å². The summed E-state index contributed by atoms with van der Waals surface area (Å²) in [6, 6.07) is 21.4. The third-order valence-corrected chi connectivity index (χ3v) is 6.92. The number of fused-ring (bicyclic) bond motifs is 1. The van der Waals surface area contributed by atoms with E-state index in [2.05, 4.69) is 52.3 Å². The van der Waals surface area contributed by atoms with E-state index in [0.717, 1.165) is 37.0 Å². The van der Waals surface area contributed by atoms with E-state index >= 15 is 0 Å². The van der Waals surface area contributed by atoms with Gasteiger partial charge in [-0.3, -0.25) is 9.78 Å². The Labute approximate surface area is 176 Å². The lowest BCUT2D eigenvalue weighted by Crippen LogP contribution is -2.36. The van der Waals surface area contributed by atoms with Gasteiger partial charge >= 0.3 is 0 Å². The molecule has 1 atom stereocenters. The zero-order valence-electron chi connectivity index (χ0n) is 16.3. The molecule has 1 fully saturated rings. The number of rotatable bonds is 6. The third-order valence-electron chi connectivity index (χ3n) is 5.84. The van der Waals surface area contributed by atoms with Crippen LogP contribution >= 0.6 is 11.8 Å². The van der Waals surface area contributed by atoms with E-state index in [-0.39, 0.29) is 11.9 Å². The molecule has 29 heavy (non-hydrogen) atoms. The zero-order chi connectivity index (χ0) is 19.6. The Kier molecular flexibility index (Phi) is 5.11. The molecule has 5 rings (SSSR count). The lowest BCUT2D eigenvalue weighted by Gasteiger charge is -2.30. The molecule has 4 heteroatoms. The zero-order valence-corrected chi connectivity index (χ0v) is 17.1. The van der Waals surface area contributed by atoms with Crippen molar-refractivity contribution in [1.82, 2.24) is 9.88 Å². The number of hydrogen-bond donors (Lipinski definition) is 0. The van der Waals surface area contributed by atoms with E-state index in [1.54, 1.807) is 18.0 Å². The minimum absolute atomic E-state index is 0.179. The van der Waals surface area contributed by atoms with Gasteiger partial charge in [0.05, 0.1) is 6.04 Å². The summed E-state index contributed by atoms with van der Waals surface area (Å²) in [6.07, 6.45) is 8.07. The van der Waals surface area contributed by atoms with Crippen molar-refractivity contribution >= 4 is 17.7 Å². The molecular formula is C25H24N2OS. The highest BCUT2D eigenvalue weighted by molar-refractivity contribution is 7.98. The van der Waals surface area contributed by atoms with Crippen LogP contribution in [-0.2, 0) is 12.2 Å². The topological polar surface area (TPSA) is 33.2 Å². The maximum absolute atomic E-state index is 13.4. The van der Waals surface area contributed by atoms with Crippen LogP contribution in [0.25, 0.3) is 0 Å². The molecule has 0 bridgehead atoms. The van der Waals surface area contributed by atoms with E-state index in [0.29, 0.717) is 6.04 Å². The smallest absolute Gasteiger partial charge is 0.254 e. The van der Waals surface area contributed by atoms with E-state index in [1.807, 2.05) is 24.4 Å². The first-order valence-electron chi connectivity index (χ1n) is 10.3. The number of pyridine rings is 1. The Hall–Kier alpha value is -2.59. The van der Waals surface area contributed by atoms with Crippen LogP contribution in [0.15, 0.2) is 78.0 Å². The summed E-state index contributed by atoms with van der Waals surface area (Å²) >= 11 is 1.77. The highest BCUT2D eigenvalue weighted by Gasteiger charge is 2.40. The molecule has 3 nitrogen and oxygen atoms in total. The molecule has 146 valence electrons. The first-order valence-corrected chi connectivity index (χ1v) is 11.3. The van der Waals surface area contributed by atoms with Gasteiger partial charge in [0, 0.05) is 34.6 Å². The van der Waals surface area contributed by atoms with Gasteiger partial charge in [0.15, 0.2) is 0 Å². The Morgan fingerprint density at radius 2 is 1.83 bits per heavy atom. The van der Waals surface area contributed by atoms with Crippen LogP contribution in [0.4, 0.5) is 0 Å². The Morgan fingerprint density at radius 3 is 2.59 bits per heavy atom. The van der Waals surface area contributed by atoms with Gasteiger partial charge in [-0.25, -0.2) is 0 Å². The number of aromatic nitrogens is 1. The molecule has 2 aliphatic carbocycles. The van der Waals surface area contributed by atoms with Crippen LogP contribution in [0.1, 0.15) is 52.4 Å². The molecular weight excluding hydrogens is 376 g/mol. The Morgan fingerprint density at radius 1 is 1.00 bits per heavy atom. The van der Waals surface area contributed by atoms with Gasteiger partial charge in [-0.05, 0) is 72.7 Å². The minimum atomic E-state index is 0.179. The summed E-state index contributed by atoms with van der Waals surface area (Å²) in [5.41, 5.74) is 4.75. The van der Waals surface area contributed by atoms with E-state index in [9.17, 15) is 4.79 Å². The number of hydrogen-bond acceptors (Lipinski definition) is 3. The van der Waals surface area contributed by atoms with Crippen molar-refractivity contribution in [2.24, 2.45) is 0 Å². The van der Waals surface area contributed by atoms with Gasteiger partial charge in [-0.2, -0.15) is 0 Å². The number of carbonyl (C=O) groups is 1. The molecule has 3 aromatic rings. The Bertz CT molecular complexity index is 999. The fraction of sp³-hybridized carbons (Fsp3) is 0.280. The van der Waals surface area contributed by atoms with E-state index in [1.165, 1.54) is 21.6 Å². The van der Waals surface area contributed by atoms with Gasteiger partial charge in [0.1, 0.15) is 0 Å². The molecule has 1 aromatic heterocycles. The first kappa shape index (κ1) is 18.4. The molecule has 0 radical (unpaired) electrons. The van der Waals surface area contributed by atoms with Crippen molar-refractivity contribution in [1.29, 1.82) is 0 Å². The van der Waals surface area contributed by atoms with Crippen LogP contribution < -0.4 is 0 Å². The van der Waals surface area contributed by atoms with Gasteiger partial charge in [-0.15, -0.1) is 11.8 Å². The molecule has 1 unspecified atom stereocenters. The first-order chi connectivity index (χ1) is 14.3. The van der Waals surface area contributed by atoms with Crippen molar-refractivity contribution in [2.75, 3.05) is 0 Å². The number of benzene rings is 2. The SMILES string of the molecule is O=C(c1ccc(SCc2cccnc2)cc1)N(C1CC1)C1CCc2ccccc21. The maximum atomic E-state index is 13.4. The predicted octanol–water partition coefficient (Wildman–Crippen LogP) is 5.67. The van der Waals surface area contributed by atoms with E-state index in [4.69, 9.17) is 0 Å². The van der Waals surface area contributed by atoms with Gasteiger partial charge in [-0.1, -0.05) is 30.3 Å². The summed E-state index contributed by atoms with van der Waals surface area (Å²) < 4.78 is 0. The summed E-state index contributed by atoms with van der Waals surface area (Å²) in [5.74, 6) is 1.06. The van der Waals surface area contributed by atoms with Crippen molar-refractivity contribution in [2.45, 2.75) is 48.4 Å². The fourth-order valence-electron chi connectivity index (χ4n) is 4.23. The molecule has 1 amide bonds. The third kappa shape index (κ3) is 3.95. The number of amides is 1. The normalized spacial score (nSPS) is 17.7. The molecule has 0 N–H and O–H groups in total. The molecule has 0 saturated heterocycles. The average molecular weight is 401 g/mol. The number of aryl methyl sites for hydroxylation is 1. The van der Waals surface area contributed by atoms with E-state index < -0.39 is 0 Å². The molecule has 0 spiro atoms. The second kappa shape index (κ2) is 8.03. The summed E-state index contributed by atoms with van der Waals surface area (Å²) in [7, 11) is 0. The molecule has 1 saturated carbocycles. The van der Waals surface area contributed by atoms with Crippen molar-refractivity contribution < 1.29 is 4.79 Å². The molecule has 1 heterocycles. The lowest BCUT2D eigenvalue weighted by molar-refractivity contribution is 0.0658. The Balaban J connectivity index is 1.31. The van der Waals surface area contributed by atoms with Gasteiger partial charge in [0.2, 0.25) is 0 Å². The maximum Gasteiger partial charge on any atom is 0.254 e. The molecule has 2 aromatic carbocycles. The van der Waals surface area contributed by atoms with Gasteiger partial charge < -0.3 is 4.90 Å². The second-order valence-corrected chi connectivity index (χ2v) is 8.92. The highest BCUT2D eigenvalue weighted by Crippen LogP contribution is 2.42. The fourth-order valence-corrected chi connectivity index (χ4v) is 5.06. The summed E-state index contributed by atoms with van der Waals surface area (Å²) in [4.78, 5) is 20.9. The predicted molar refractivity (Wildman–Crippen MR) is 117 cm³/mol. The molecule has 2 aliphatic rings. The lowest BCUT2D eigenvalue weighted by atomic mass is 10.1. The molecule has 0 aliphatic heterocycles. The number of thioether (sulfide) groups is 1. The van der Waals surface area contributed by atoms with Crippen LogP contribution in [0.5, 0.6) is 0 Å². The van der Waals surface area contributed by atoms with Crippen LogP contribution in [0.3, 0.4) is 0 Å². The van der Waals surface area contributed by atoms with Crippen molar-refractivity contribution in [3.05, 3.63) is 95.3 Å². The quantitative estimate of drug-likeness (QED) is 0.500. The largest absolute Gasteiger partial charge is 0.329 e. The number of carbonyl (C=O) groups excluding carboxylic acids is 1. The summed E-state index contributed by atoms with van der Waals surface area (Å²) in [5, 5.41) is 0. The van der Waals surface area contributed by atoms with Crippen LogP contribution in [-0.4, -0.2) is 21.8 Å². The van der Waals surface area contributed by atoms with Gasteiger partial charge in [0.25, 0.3) is 5.91 Å². The monoisotopic (exact) mass is 400 g/mol. The minimum Gasteiger partial charge on any atom is -0.329 e. The standard InChI is InChI=1S/C25H24N2OS/c28-25(20-7-12-22(13-8-20)29-17-18-4-3-15-26-16-18)27(21-10-11-21)24-14-9-19-5-1-2-6-23(19)24/h1-8,12-13,15-16,21,24H,9-11,14,17H2. The van der Waals surface area contributed by atoms with Crippen LogP contribution in [0.2, 0.25) is 0 Å². The van der Waals surface area contributed by atoms with Crippen LogP contribution in [0, 0.1) is 0 Å². The second-order valence-electron chi connectivity index (χ2n) is 7.87. The highest BCUT2D eigenvalue weighted by atomic mass is 32.2.